The maximum Gasteiger partial charge on any atom is 0.220 e. The third-order valence-electron chi connectivity index (χ3n) is 18.6. The Bertz CT molecular complexity index is 1940. The van der Waals surface area contributed by atoms with Crippen molar-refractivity contribution in [3.8, 4) is 0 Å². The smallest absolute Gasteiger partial charge is 0.220 e. The van der Waals surface area contributed by atoms with E-state index in [0.717, 1.165) is 70.6 Å². The van der Waals surface area contributed by atoms with E-state index >= 15 is 0 Å². The molecular weight excluding hydrogens is 1200 g/mol. The molecule has 0 aromatic heterocycles. The highest BCUT2D eigenvalue weighted by molar-refractivity contribution is 5.76. The first-order chi connectivity index (χ1) is 45.8. The topological polar surface area (TPSA) is 307 Å². The first-order valence-corrected chi connectivity index (χ1v) is 37.5. The molecule has 3 heterocycles. The molecular formula is C75H135NO18. The molecule has 3 rings (SSSR count). The molecule has 12 N–H and O–H groups in total. The van der Waals surface area contributed by atoms with Gasteiger partial charge in [-0.05, 0) is 57.8 Å². The molecule has 0 bridgehead atoms. The first-order valence-electron chi connectivity index (χ1n) is 37.5. The Kier molecular flexibility index (Phi) is 51.3. The molecule has 3 saturated heterocycles. The summed E-state index contributed by atoms with van der Waals surface area (Å²) in [6.45, 7) is 1.62. The van der Waals surface area contributed by atoms with E-state index < -0.39 is 124 Å². The second kappa shape index (κ2) is 56.3. The summed E-state index contributed by atoms with van der Waals surface area (Å²) in [5.41, 5.74) is 0. The lowest BCUT2D eigenvalue weighted by atomic mass is 9.96. The third-order valence-corrected chi connectivity index (χ3v) is 18.6. The molecule has 0 saturated carbocycles. The predicted molar refractivity (Wildman–Crippen MR) is 369 cm³/mol. The first kappa shape index (κ1) is 85.7. The summed E-state index contributed by atoms with van der Waals surface area (Å²) in [6.07, 6.45) is 43.8. The normalized spacial score (nSPS) is 27.7. The number of carbonyl (C=O) groups excluding carboxylic acids is 1. The molecule has 3 aliphatic heterocycles. The average molecular weight is 1340 g/mol. The molecule has 17 atom stereocenters. The summed E-state index contributed by atoms with van der Waals surface area (Å²) in [5.74, 6) is -0.273. The molecule has 3 aliphatic rings. The van der Waals surface area contributed by atoms with E-state index in [0.29, 0.717) is 6.42 Å². The molecule has 19 nitrogen and oxygen atoms in total. The lowest BCUT2D eigenvalue weighted by Gasteiger charge is -2.48. The van der Waals surface area contributed by atoms with Crippen molar-refractivity contribution in [2.24, 2.45) is 0 Å². The largest absolute Gasteiger partial charge is 0.394 e. The SMILES string of the molecule is CC/C=C\C/C=C\C/C=C\C/C=C\CCCCCCCCCCCCCCCCCCCCCCCCCCC(=O)NC(COC1OC(CO)C(OC2OC(CO)C(OC3OC(CO)C(O)C(O)C3O)C(O)C2O)C(O)C1O)C(O)/C=C/CCCCCCCCCCCC. The van der Waals surface area contributed by atoms with Crippen LogP contribution in [0.5, 0.6) is 0 Å². The van der Waals surface area contributed by atoms with Gasteiger partial charge in [0.15, 0.2) is 18.9 Å². The van der Waals surface area contributed by atoms with Gasteiger partial charge in [0.2, 0.25) is 5.91 Å². The summed E-state index contributed by atoms with van der Waals surface area (Å²) < 4.78 is 34.3. The van der Waals surface area contributed by atoms with Gasteiger partial charge in [0.05, 0.1) is 38.6 Å². The van der Waals surface area contributed by atoms with Crippen LogP contribution in [0.1, 0.15) is 277 Å². The zero-order chi connectivity index (χ0) is 68.2. The Morgan fingerprint density at radius 3 is 1.15 bits per heavy atom. The Morgan fingerprint density at radius 1 is 0.394 bits per heavy atom. The third kappa shape index (κ3) is 37.1. The molecule has 0 radical (unpaired) electrons. The van der Waals surface area contributed by atoms with Crippen molar-refractivity contribution in [1.82, 2.24) is 5.32 Å². The van der Waals surface area contributed by atoms with E-state index in [1.807, 2.05) is 6.08 Å². The number of carbonyl (C=O) groups is 1. The van der Waals surface area contributed by atoms with E-state index in [4.69, 9.17) is 28.4 Å². The van der Waals surface area contributed by atoms with Crippen molar-refractivity contribution >= 4 is 5.91 Å². The number of hydrogen-bond acceptors (Lipinski definition) is 18. The predicted octanol–water partition coefficient (Wildman–Crippen LogP) is 11.1. The van der Waals surface area contributed by atoms with Gasteiger partial charge >= 0.3 is 0 Å². The quantitative estimate of drug-likeness (QED) is 0.0199. The Labute approximate surface area is 566 Å². The molecule has 17 unspecified atom stereocenters. The molecule has 3 fully saturated rings. The number of aliphatic hydroxyl groups excluding tert-OH is 11. The molecule has 0 aromatic rings. The average Bonchev–Trinajstić information content (AvgIpc) is 0.794. The summed E-state index contributed by atoms with van der Waals surface area (Å²) >= 11 is 0. The van der Waals surface area contributed by atoms with Crippen LogP contribution in [0.25, 0.3) is 0 Å². The van der Waals surface area contributed by atoms with Gasteiger partial charge in [0.25, 0.3) is 0 Å². The van der Waals surface area contributed by atoms with Crippen LogP contribution in [0.15, 0.2) is 60.8 Å². The maximum absolute atomic E-state index is 13.4. The Morgan fingerprint density at radius 2 is 0.734 bits per heavy atom. The summed E-state index contributed by atoms with van der Waals surface area (Å²) in [4.78, 5) is 13.4. The van der Waals surface area contributed by atoms with Crippen LogP contribution in [0, 0.1) is 0 Å². The van der Waals surface area contributed by atoms with Gasteiger partial charge < -0.3 is 89.9 Å². The fourth-order valence-electron chi connectivity index (χ4n) is 12.5. The maximum atomic E-state index is 13.4. The van der Waals surface area contributed by atoms with Crippen molar-refractivity contribution < 1.29 is 89.4 Å². The van der Waals surface area contributed by atoms with E-state index in [2.05, 4.69) is 67.8 Å². The Hall–Kier alpha value is -2.51. The van der Waals surface area contributed by atoms with E-state index in [9.17, 15) is 61.0 Å². The van der Waals surface area contributed by atoms with Gasteiger partial charge in [-0.1, -0.05) is 274 Å². The molecule has 548 valence electrons. The van der Waals surface area contributed by atoms with Gasteiger partial charge in [0.1, 0.15) is 73.2 Å². The highest BCUT2D eigenvalue weighted by atomic mass is 16.8. The highest BCUT2D eigenvalue weighted by Gasteiger charge is 2.53. The van der Waals surface area contributed by atoms with Crippen LogP contribution in [0.3, 0.4) is 0 Å². The van der Waals surface area contributed by atoms with Crippen molar-refractivity contribution in [3.05, 3.63) is 60.8 Å². The van der Waals surface area contributed by atoms with Crippen molar-refractivity contribution in [2.45, 2.75) is 381 Å². The number of amides is 1. The highest BCUT2D eigenvalue weighted by Crippen LogP contribution is 2.33. The van der Waals surface area contributed by atoms with Crippen molar-refractivity contribution in [3.63, 3.8) is 0 Å². The molecule has 19 heteroatoms. The lowest BCUT2D eigenvalue weighted by molar-refractivity contribution is -0.379. The van der Waals surface area contributed by atoms with E-state index in [1.54, 1.807) is 6.08 Å². The van der Waals surface area contributed by atoms with Crippen LogP contribution in [0.2, 0.25) is 0 Å². The number of unbranched alkanes of at least 4 members (excludes halogenated alkanes) is 34. The van der Waals surface area contributed by atoms with Crippen molar-refractivity contribution in [2.75, 3.05) is 26.4 Å². The van der Waals surface area contributed by atoms with Crippen LogP contribution in [-0.2, 0) is 33.2 Å². The lowest BCUT2D eigenvalue weighted by Crippen LogP contribution is -2.66. The van der Waals surface area contributed by atoms with Gasteiger partial charge in [0, 0.05) is 6.42 Å². The second-order valence-corrected chi connectivity index (χ2v) is 26.7. The van der Waals surface area contributed by atoms with E-state index in [-0.39, 0.29) is 18.9 Å². The molecule has 0 aliphatic carbocycles. The molecule has 94 heavy (non-hydrogen) atoms. The number of ether oxygens (including phenoxy) is 6. The molecule has 0 aromatic carbocycles. The van der Waals surface area contributed by atoms with Crippen LogP contribution >= 0.6 is 0 Å². The summed E-state index contributed by atoms with van der Waals surface area (Å²) in [7, 11) is 0. The second-order valence-electron chi connectivity index (χ2n) is 26.7. The monoisotopic (exact) mass is 1340 g/mol. The zero-order valence-electron chi connectivity index (χ0n) is 58.2. The van der Waals surface area contributed by atoms with Crippen LogP contribution < -0.4 is 5.32 Å². The standard InChI is InChI=1S/C75H135NO18/c1-3-5-7-9-11-13-15-17-18-19-20-21-22-23-24-25-26-27-28-29-30-31-32-33-34-35-36-37-38-39-40-41-43-45-47-49-51-53-63(81)76-58(59(80)52-50-48-46-44-42-16-14-12-10-8-6-4-2)57-89-73-69(87)66(84)71(61(55-78)91-73)94-75-70(88)67(85)72(62(56-79)92-75)93-74-68(86)65(83)64(82)60(54-77)90-74/h5,7,11,13,17-18,20-21,50,52,58-62,64-75,77-80,82-88H,3-4,6,8-10,12,14-16,19,22-49,51,53-57H2,1-2H3,(H,76,81)/b7-5-,13-11-,18-17-,21-20-,52-50+. The van der Waals surface area contributed by atoms with Gasteiger partial charge in [-0.3, -0.25) is 4.79 Å². The number of aliphatic hydroxyl groups is 11. The minimum absolute atomic E-state index is 0.246. The minimum Gasteiger partial charge on any atom is -0.394 e. The molecule has 1 amide bonds. The minimum atomic E-state index is -1.98. The van der Waals surface area contributed by atoms with Crippen molar-refractivity contribution in [1.29, 1.82) is 0 Å². The fraction of sp³-hybridized carbons (Fsp3) is 0.853. The number of allylic oxidation sites excluding steroid dienone is 9. The van der Waals surface area contributed by atoms with E-state index in [1.165, 1.54) is 180 Å². The Balaban J connectivity index is 1.30. The summed E-state index contributed by atoms with van der Waals surface area (Å²) in [5, 5.41) is 120. The summed E-state index contributed by atoms with van der Waals surface area (Å²) in [6, 6.07) is -0.971. The number of nitrogens with one attached hydrogen (secondary N) is 1. The van der Waals surface area contributed by atoms with Gasteiger partial charge in [-0.25, -0.2) is 0 Å². The zero-order valence-corrected chi connectivity index (χ0v) is 58.2. The van der Waals surface area contributed by atoms with Gasteiger partial charge in [-0.15, -0.1) is 0 Å². The van der Waals surface area contributed by atoms with Gasteiger partial charge in [-0.2, -0.15) is 0 Å². The number of hydrogen-bond donors (Lipinski definition) is 12. The molecule has 0 spiro atoms. The van der Waals surface area contributed by atoms with Crippen LogP contribution in [-0.4, -0.2) is 193 Å². The van der Waals surface area contributed by atoms with Crippen LogP contribution in [0.4, 0.5) is 0 Å². The fourth-order valence-corrected chi connectivity index (χ4v) is 12.5. The number of rotatable bonds is 58.